The van der Waals surface area contributed by atoms with Crippen LogP contribution < -0.4 is 0 Å². The van der Waals surface area contributed by atoms with Gasteiger partial charge in [0.2, 0.25) is 0 Å². The molecule has 0 bridgehead atoms. The number of rotatable bonds is 7. The fourth-order valence-electron chi connectivity index (χ4n) is 2.42. The summed E-state index contributed by atoms with van der Waals surface area (Å²) in [7, 11) is 3.38. The van der Waals surface area contributed by atoms with E-state index in [-0.39, 0.29) is 0 Å². The van der Waals surface area contributed by atoms with E-state index in [4.69, 9.17) is 4.74 Å². The van der Waals surface area contributed by atoms with E-state index >= 15 is 0 Å². The number of ether oxygens (including phenoxy) is 1. The van der Waals surface area contributed by atoms with Crippen LogP contribution >= 0.6 is 0 Å². The molecule has 22 heavy (non-hydrogen) atoms. The summed E-state index contributed by atoms with van der Waals surface area (Å²) in [5.74, 6) is -0.893. The zero-order valence-corrected chi connectivity index (χ0v) is 13.1. The summed E-state index contributed by atoms with van der Waals surface area (Å²) in [5, 5.41) is 13.9. The van der Waals surface area contributed by atoms with Gasteiger partial charge in [0.1, 0.15) is 6.04 Å². The lowest BCUT2D eigenvalue weighted by Gasteiger charge is -2.26. The Morgan fingerprint density at radius 1 is 1.50 bits per heavy atom. The minimum atomic E-state index is -0.893. The van der Waals surface area contributed by atoms with Crippen molar-refractivity contribution in [1.29, 1.82) is 0 Å². The maximum Gasteiger partial charge on any atom is 0.325 e. The molecule has 2 rings (SSSR count). The largest absolute Gasteiger partial charge is 0.480 e. The molecular weight excluding hydrogens is 282 g/mol. The van der Waals surface area contributed by atoms with Crippen molar-refractivity contribution in [2.45, 2.75) is 13.0 Å². The molecule has 1 atom stereocenters. The van der Waals surface area contributed by atoms with Crippen molar-refractivity contribution in [3.8, 4) is 5.69 Å². The molecule has 0 spiro atoms. The van der Waals surface area contributed by atoms with Crippen molar-refractivity contribution in [2.24, 2.45) is 0 Å². The second kappa shape index (κ2) is 7.20. The second-order valence-corrected chi connectivity index (χ2v) is 5.23. The Hall–Kier alpha value is -2.18. The number of aliphatic carboxylic acids is 1. The predicted octanol–water partition coefficient (Wildman–Crippen LogP) is 1.88. The molecule has 6 heteroatoms. The van der Waals surface area contributed by atoms with E-state index in [0.717, 1.165) is 11.3 Å². The highest BCUT2D eigenvalue weighted by atomic mass is 16.5. The lowest BCUT2D eigenvalue weighted by Crippen LogP contribution is -2.34. The van der Waals surface area contributed by atoms with Crippen molar-refractivity contribution in [1.82, 2.24) is 14.7 Å². The van der Waals surface area contributed by atoms with E-state index in [9.17, 15) is 9.90 Å². The van der Waals surface area contributed by atoms with Crippen molar-refractivity contribution in [2.75, 3.05) is 27.3 Å². The molecule has 0 saturated heterocycles. The van der Waals surface area contributed by atoms with Gasteiger partial charge in [0.05, 0.1) is 12.3 Å². The third-order valence-electron chi connectivity index (χ3n) is 3.55. The summed E-state index contributed by atoms with van der Waals surface area (Å²) in [5.41, 5.74) is 2.54. The average molecular weight is 303 g/mol. The Kier molecular flexibility index (Phi) is 5.30. The van der Waals surface area contributed by atoms with Gasteiger partial charge >= 0.3 is 5.97 Å². The molecular formula is C16H21N3O3. The summed E-state index contributed by atoms with van der Waals surface area (Å²) in [6.45, 7) is 2.98. The molecule has 1 heterocycles. The Morgan fingerprint density at radius 3 is 2.86 bits per heavy atom. The molecule has 0 radical (unpaired) electrons. The van der Waals surface area contributed by atoms with Crippen LogP contribution in [0.25, 0.3) is 5.69 Å². The molecule has 118 valence electrons. The highest BCUT2D eigenvalue weighted by Crippen LogP contribution is 2.27. The van der Waals surface area contributed by atoms with Crippen molar-refractivity contribution < 1.29 is 14.6 Å². The molecule has 1 aromatic heterocycles. The monoisotopic (exact) mass is 303 g/mol. The van der Waals surface area contributed by atoms with E-state index in [2.05, 4.69) is 5.10 Å². The minimum Gasteiger partial charge on any atom is -0.480 e. The van der Waals surface area contributed by atoms with Gasteiger partial charge in [-0.25, -0.2) is 4.68 Å². The first kappa shape index (κ1) is 16.2. The first-order chi connectivity index (χ1) is 10.5. The first-order valence-corrected chi connectivity index (χ1v) is 7.07. The van der Waals surface area contributed by atoms with E-state index in [1.807, 2.05) is 37.4 Å². The normalized spacial score (nSPS) is 12.5. The summed E-state index contributed by atoms with van der Waals surface area (Å²) in [6.07, 6.45) is 3.49. The van der Waals surface area contributed by atoms with Crippen LogP contribution in [0.1, 0.15) is 17.2 Å². The number of hydrogen-bond donors (Lipinski definition) is 1. The molecule has 0 amide bonds. The van der Waals surface area contributed by atoms with Crippen LogP contribution in [0.15, 0.2) is 36.7 Å². The van der Waals surface area contributed by atoms with Crippen molar-refractivity contribution >= 4 is 5.97 Å². The van der Waals surface area contributed by atoms with Crippen LogP contribution in [-0.4, -0.2) is 53.1 Å². The molecule has 0 aliphatic carbocycles. The van der Waals surface area contributed by atoms with Crippen LogP contribution in [0.5, 0.6) is 0 Å². The number of nitrogens with zero attached hydrogens (tertiary/aromatic N) is 3. The fraction of sp³-hybridized carbons (Fsp3) is 0.375. The van der Waals surface area contributed by atoms with Gasteiger partial charge in [0, 0.05) is 31.6 Å². The van der Waals surface area contributed by atoms with E-state index in [0.29, 0.717) is 18.7 Å². The fourth-order valence-corrected chi connectivity index (χ4v) is 2.42. The molecule has 2 aromatic rings. The summed E-state index contributed by atoms with van der Waals surface area (Å²) in [6, 6.07) is 6.78. The second-order valence-electron chi connectivity index (χ2n) is 5.23. The SMILES string of the molecule is COCCN(C)C(C(=O)O)c1ccc(C)cc1-n1cccn1. The molecule has 6 nitrogen and oxygen atoms in total. The third-order valence-corrected chi connectivity index (χ3v) is 3.55. The molecule has 1 aromatic carbocycles. The molecule has 1 unspecified atom stereocenters. The van der Waals surface area contributed by atoms with Crippen LogP contribution in [0, 0.1) is 6.92 Å². The smallest absolute Gasteiger partial charge is 0.325 e. The number of carboxylic acid groups (broad SMARTS) is 1. The van der Waals surface area contributed by atoms with Crippen molar-refractivity contribution in [3.05, 3.63) is 47.8 Å². The predicted molar refractivity (Wildman–Crippen MR) is 83.2 cm³/mol. The van der Waals surface area contributed by atoms with Gasteiger partial charge in [-0.2, -0.15) is 5.10 Å². The summed E-state index contributed by atoms with van der Waals surface area (Å²) in [4.78, 5) is 13.6. The van der Waals surface area contributed by atoms with E-state index in [1.165, 1.54) is 0 Å². The lowest BCUT2D eigenvalue weighted by molar-refractivity contribution is -0.143. The standard InChI is InChI=1S/C16H21N3O3/c1-12-5-6-13(14(11-12)19-8-4-7-17-19)15(16(20)21)18(2)9-10-22-3/h4-8,11,15H,9-10H2,1-3H3,(H,20,21). The maximum atomic E-state index is 11.8. The van der Waals surface area contributed by atoms with E-state index < -0.39 is 12.0 Å². The van der Waals surface area contributed by atoms with Gasteiger partial charge in [-0.05, 0) is 31.7 Å². The van der Waals surface area contributed by atoms with Crippen LogP contribution in [0.4, 0.5) is 0 Å². The van der Waals surface area contributed by atoms with Gasteiger partial charge in [-0.15, -0.1) is 0 Å². The summed E-state index contributed by atoms with van der Waals surface area (Å²) < 4.78 is 6.74. The number of aryl methyl sites for hydroxylation is 1. The number of aromatic nitrogens is 2. The van der Waals surface area contributed by atoms with Gasteiger partial charge in [-0.3, -0.25) is 9.69 Å². The quantitative estimate of drug-likeness (QED) is 0.846. The molecule has 0 aliphatic heterocycles. The number of hydrogen-bond acceptors (Lipinski definition) is 4. The number of benzene rings is 1. The summed E-state index contributed by atoms with van der Waals surface area (Å²) >= 11 is 0. The zero-order chi connectivity index (χ0) is 16.1. The van der Waals surface area contributed by atoms with Gasteiger partial charge in [0.15, 0.2) is 0 Å². The van der Waals surface area contributed by atoms with Crippen molar-refractivity contribution in [3.63, 3.8) is 0 Å². The van der Waals surface area contributed by atoms with Crippen LogP contribution in [0.2, 0.25) is 0 Å². The van der Waals surface area contributed by atoms with E-state index in [1.54, 1.807) is 29.9 Å². The highest BCUT2D eigenvalue weighted by molar-refractivity contribution is 5.77. The molecule has 1 N–H and O–H groups in total. The zero-order valence-electron chi connectivity index (χ0n) is 13.1. The maximum absolute atomic E-state index is 11.8. The Balaban J connectivity index is 2.46. The van der Waals surface area contributed by atoms with Crippen LogP contribution in [0.3, 0.4) is 0 Å². The van der Waals surface area contributed by atoms with Gasteiger partial charge < -0.3 is 9.84 Å². The molecule has 0 fully saturated rings. The number of carboxylic acids is 1. The van der Waals surface area contributed by atoms with Gasteiger partial charge in [-0.1, -0.05) is 12.1 Å². The van der Waals surface area contributed by atoms with Gasteiger partial charge in [0.25, 0.3) is 0 Å². The highest BCUT2D eigenvalue weighted by Gasteiger charge is 2.27. The average Bonchev–Trinajstić information content (AvgIpc) is 3.00. The topological polar surface area (TPSA) is 67.6 Å². The van der Waals surface area contributed by atoms with Crippen LogP contribution in [-0.2, 0) is 9.53 Å². The minimum absolute atomic E-state index is 0.475. The Labute approximate surface area is 129 Å². The number of likely N-dealkylation sites (N-methyl/N-ethyl adjacent to an activating group) is 1. The lowest BCUT2D eigenvalue weighted by atomic mass is 10.0. The number of methoxy groups -OCH3 is 1. The number of carbonyl (C=O) groups is 1. The third kappa shape index (κ3) is 3.52. The Morgan fingerprint density at radius 2 is 2.27 bits per heavy atom. The Bertz CT molecular complexity index is 626. The molecule has 0 aliphatic rings. The first-order valence-electron chi connectivity index (χ1n) is 7.07. The molecule has 0 saturated carbocycles.